The highest BCUT2D eigenvalue weighted by Gasteiger charge is 2.51. The molecule has 0 unspecified atom stereocenters. The minimum atomic E-state index is -4.51. The van der Waals surface area contributed by atoms with Crippen LogP contribution in [0.1, 0.15) is 50.6 Å². The number of halogens is 3. The number of amides is 1. The summed E-state index contributed by atoms with van der Waals surface area (Å²) in [5.41, 5.74) is -1.08. The second-order valence-electron chi connectivity index (χ2n) is 9.40. The van der Waals surface area contributed by atoms with Crippen molar-refractivity contribution in [1.82, 2.24) is 24.6 Å². The summed E-state index contributed by atoms with van der Waals surface area (Å²) in [7, 11) is 0. The number of nitrogens with zero attached hydrogens (tertiary/aromatic N) is 6. The SMILES string of the molecule is O=C1N([C@H]2CC[C@@H](O)CC2)CC[C@]12CCCN(c1ncc(-n3ccc(C(F)(F)F)n3)cn1)C2. The highest BCUT2D eigenvalue weighted by molar-refractivity contribution is 5.86. The van der Waals surface area contributed by atoms with Crippen LogP contribution in [-0.4, -0.2) is 67.4 Å². The number of hydrogen-bond acceptors (Lipinski definition) is 6. The van der Waals surface area contributed by atoms with Crippen LogP contribution >= 0.6 is 0 Å². The van der Waals surface area contributed by atoms with Crippen LogP contribution in [0.3, 0.4) is 0 Å². The first-order chi connectivity index (χ1) is 15.7. The molecule has 0 radical (unpaired) electrons. The van der Waals surface area contributed by atoms with Crippen molar-refractivity contribution < 1.29 is 23.1 Å². The molecule has 11 heteroatoms. The van der Waals surface area contributed by atoms with Gasteiger partial charge in [-0.05, 0) is 51.0 Å². The number of piperidine rings is 1. The van der Waals surface area contributed by atoms with E-state index in [1.165, 1.54) is 18.6 Å². The molecule has 33 heavy (non-hydrogen) atoms. The Morgan fingerprint density at radius 1 is 1.06 bits per heavy atom. The molecule has 1 aliphatic carbocycles. The zero-order chi connectivity index (χ0) is 23.2. The second-order valence-corrected chi connectivity index (χ2v) is 9.40. The van der Waals surface area contributed by atoms with Crippen LogP contribution in [0.25, 0.3) is 5.69 Å². The van der Waals surface area contributed by atoms with Gasteiger partial charge >= 0.3 is 6.18 Å². The van der Waals surface area contributed by atoms with E-state index in [0.29, 0.717) is 18.2 Å². The Labute approximate surface area is 189 Å². The van der Waals surface area contributed by atoms with Gasteiger partial charge in [-0.1, -0.05) is 0 Å². The number of alkyl halides is 3. The largest absolute Gasteiger partial charge is 0.435 e. The molecule has 1 spiro atoms. The van der Waals surface area contributed by atoms with E-state index in [1.54, 1.807) is 0 Å². The molecule has 8 nitrogen and oxygen atoms in total. The van der Waals surface area contributed by atoms with E-state index in [1.807, 2.05) is 9.80 Å². The van der Waals surface area contributed by atoms with Crippen molar-refractivity contribution in [3.8, 4) is 5.69 Å². The van der Waals surface area contributed by atoms with Gasteiger partial charge in [-0.3, -0.25) is 4.79 Å². The van der Waals surface area contributed by atoms with Gasteiger partial charge in [-0.15, -0.1) is 0 Å². The van der Waals surface area contributed by atoms with Gasteiger partial charge in [0, 0.05) is 31.9 Å². The molecule has 1 atom stereocenters. The number of rotatable bonds is 3. The van der Waals surface area contributed by atoms with Crippen LogP contribution in [0.5, 0.6) is 0 Å². The fraction of sp³-hybridized carbons (Fsp3) is 0.636. The maximum absolute atomic E-state index is 13.5. The second kappa shape index (κ2) is 8.27. The number of carbonyl (C=O) groups is 1. The van der Waals surface area contributed by atoms with Gasteiger partial charge in [0.25, 0.3) is 0 Å². The van der Waals surface area contributed by atoms with Gasteiger partial charge in [-0.25, -0.2) is 14.6 Å². The van der Waals surface area contributed by atoms with E-state index in [2.05, 4.69) is 15.1 Å². The Balaban J connectivity index is 1.28. The van der Waals surface area contributed by atoms with Gasteiger partial charge in [0.05, 0.1) is 23.9 Å². The lowest BCUT2D eigenvalue weighted by molar-refractivity contribution is -0.141. The minimum Gasteiger partial charge on any atom is -0.393 e. The maximum atomic E-state index is 13.5. The third kappa shape index (κ3) is 4.18. The Morgan fingerprint density at radius 2 is 1.79 bits per heavy atom. The Morgan fingerprint density at radius 3 is 2.45 bits per heavy atom. The molecule has 0 aromatic carbocycles. The lowest BCUT2D eigenvalue weighted by Gasteiger charge is -2.40. The van der Waals surface area contributed by atoms with Gasteiger partial charge in [-0.2, -0.15) is 18.3 Å². The van der Waals surface area contributed by atoms with Gasteiger partial charge in [0.2, 0.25) is 11.9 Å². The highest BCUT2D eigenvalue weighted by atomic mass is 19.4. The lowest BCUT2D eigenvalue weighted by atomic mass is 9.78. The first-order valence-corrected chi connectivity index (χ1v) is 11.4. The number of carbonyl (C=O) groups excluding carboxylic acids is 1. The molecule has 2 aromatic heterocycles. The van der Waals surface area contributed by atoms with E-state index in [-0.39, 0.29) is 18.1 Å². The molecule has 3 aliphatic rings. The molecule has 2 aliphatic heterocycles. The third-order valence-electron chi connectivity index (χ3n) is 7.28. The average molecular weight is 464 g/mol. The highest BCUT2D eigenvalue weighted by Crippen LogP contribution is 2.43. The van der Waals surface area contributed by atoms with Crippen molar-refractivity contribution >= 4 is 11.9 Å². The van der Waals surface area contributed by atoms with Crippen molar-refractivity contribution in [2.45, 2.75) is 63.3 Å². The summed E-state index contributed by atoms with van der Waals surface area (Å²) in [6.07, 6.45) is 5.04. The lowest BCUT2D eigenvalue weighted by Crippen LogP contribution is -2.50. The summed E-state index contributed by atoms with van der Waals surface area (Å²) in [4.78, 5) is 26.2. The molecule has 2 aromatic rings. The minimum absolute atomic E-state index is 0.196. The molecule has 4 heterocycles. The summed E-state index contributed by atoms with van der Waals surface area (Å²) in [5, 5.41) is 13.3. The molecule has 1 N–H and O–H groups in total. The molecule has 5 rings (SSSR count). The Hall–Kier alpha value is -2.69. The Bertz CT molecular complexity index is 1000. The third-order valence-corrected chi connectivity index (χ3v) is 7.28. The zero-order valence-electron chi connectivity index (χ0n) is 18.2. The quantitative estimate of drug-likeness (QED) is 0.752. The van der Waals surface area contributed by atoms with Crippen molar-refractivity contribution in [1.29, 1.82) is 0 Å². The predicted octanol–water partition coefficient (Wildman–Crippen LogP) is 2.80. The Kier molecular flexibility index (Phi) is 5.54. The van der Waals surface area contributed by atoms with Crippen LogP contribution in [0.4, 0.5) is 19.1 Å². The van der Waals surface area contributed by atoms with Crippen LogP contribution in [-0.2, 0) is 11.0 Å². The van der Waals surface area contributed by atoms with Crippen molar-refractivity contribution in [3.63, 3.8) is 0 Å². The summed E-state index contributed by atoms with van der Waals surface area (Å²) >= 11 is 0. The van der Waals surface area contributed by atoms with Crippen molar-refractivity contribution in [3.05, 3.63) is 30.4 Å². The number of aliphatic hydroxyl groups excluding tert-OH is 1. The van der Waals surface area contributed by atoms with Gasteiger partial charge in [0.1, 0.15) is 5.69 Å². The number of hydrogen-bond donors (Lipinski definition) is 1. The summed E-state index contributed by atoms with van der Waals surface area (Å²) in [5.74, 6) is 0.662. The van der Waals surface area contributed by atoms with Crippen LogP contribution in [0, 0.1) is 5.41 Å². The van der Waals surface area contributed by atoms with Crippen molar-refractivity contribution in [2.24, 2.45) is 5.41 Å². The first kappa shape index (κ1) is 22.1. The topological polar surface area (TPSA) is 87.4 Å². The number of anilines is 1. The van der Waals surface area contributed by atoms with Crippen molar-refractivity contribution in [2.75, 3.05) is 24.5 Å². The fourth-order valence-corrected chi connectivity index (χ4v) is 5.46. The van der Waals surface area contributed by atoms with Gasteiger partial charge in [0.15, 0.2) is 5.69 Å². The number of aliphatic hydroxyl groups is 1. The molecular weight excluding hydrogens is 437 g/mol. The maximum Gasteiger partial charge on any atom is 0.435 e. The van der Waals surface area contributed by atoms with E-state index < -0.39 is 17.3 Å². The van der Waals surface area contributed by atoms with Crippen LogP contribution in [0.15, 0.2) is 24.7 Å². The molecule has 2 saturated heterocycles. The molecule has 1 saturated carbocycles. The summed E-state index contributed by atoms with van der Waals surface area (Å²) in [6, 6.07) is 1.12. The monoisotopic (exact) mass is 464 g/mol. The first-order valence-electron chi connectivity index (χ1n) is 11.4. The number of aromatic nitrogens is 4. The average Bonchev–Trinajstić information content (AvgIpc) is 3.42. The van der Waals surface area contributed by atoms with E-state index in [0.717, 1.165) is 68.8 Å². The molecule has 178 valence electrons. The number of likely N-dealkylation sites (tertiary alicyclic amines) is 1. The van der Waals surface area contributed by atoms with E-state index in [4.69, 9.17) is 0 Å². The summed E-state index contributed by atoms with van der Waals surface area (Å²) < 4.78 is 39.5. The summed E-state index contributed by atoms with van der Waals surface area (Å²) in [6.45, 7) is 2.01. The van der Waals surface area contributed by atoms with E-state index >= 15 is 0 Å². The van der Waals surface area contributed by atoms with E-state index in [9.17, 15) is 23.1 Å². The molecule has 0 bridgehead atoms. The van der Waals surface area contributed by atoms with Crippen LogP contribution in [0.2, 0.25) is 0 Å². The van der Waals surface area contributed by atoms with Crippen LogP contribution < -0.4 is 4.90 Å². The fourth-order valence-electron chi connectivity index (χ4n) is 5.46. The standard InChI is InChI=1S/C22H27F3N6O2/c23-22(24,25)18-6-10-31(28-18)16-12-26-20(27-13-16)29-9-1-7-21(14-29)8-11-30(19(21)33)15-2-4-17(32)5-3-15/h6,10,12-13,15,17,32H,1-5,7-9,11,14H2/t15-,17+,21-/m0/s1. The molecule has 3 fully saturated rings. The molecule has 1 amide bonds. The normalized spacial score (nSPS) is 28.7. The molecular formula is C22H27F3N6O2. The van der Waals surface area contributed by atoms with Gasteiger partial charge < -0.3 is 14.9 Å². The smallest absolute Gasteiger partial charge is 0.393 e. The zero-order valence-corrected chi connectivity index (χ0v) is 18.2. The predicted molar refractivity (Wildman–Crippen MR) is 113 cm³/mol.